The van der Waals surface area contributed by atoms with Crippen molar-refractivity contribution in [2.75, 3.05) is 57.5 Å². The normalized spacial score (nSPS) is 18.7. The molecular weight excluding hydrogens is 493 g/mol. The summed E-state index contributed by atoms with van der Waals surface area (Å²) in [7, 11) is 0. The van der Waals surface area contributed by atoms with Gasteiger partial charge in [0, 0.05) is 64.8 Å². The summed E-state index contributed by atoms with van der Waals surface area (Å²) >= 11 is 0. The quantitative estimate of drug-likeness (QED) is 0.221. The molecule has 2 N–H and O–H groups in total. The van der Waals surface area contributed by atoms with E-state index >= 15 is 0 Å². The van der Waals surface area contributed by atoms with Crippen LogP contribution in [0.1, 0.15) is 39.0 Å². The molecule has 0 bridgehead atoms. The van der Waals surface area contributed by atoms with Gasteiger partial charge in [-0.15, -0.1) is 24.0 Å². The molecule has 3 heterocycles. The predicted molar refractivity (Wildman–Crippen MR) is 133 cm³/mol. The van der Waals surface area contributed by atoms with Crippen molar-refractivity contribution in [1.29, 1.82) is 0 Å². The van der Waals surface area contributed by atoms with E-state index in [9.17, 15) is 0 Å². The molecule has 1 aromatic heterocycles. The molecule has 0 saturated carbocycles. The summed E-state index contributed by atoms with van der Waals surface area (Å²) in [5, 5.41) is 6.98. The van der Waals surface area contributed by atoms with Crippen molar-refractivity contribution >= 4 is 35.8 Å². The smallest absolute Gasteiger partial charge is 0.191 e. The number of ether oxygens (including phenoxy) is 2. The molecular formula is C22H38IN5O2. The Balaban J connectivity index is 0.00000320. The maximum atomic E-state index is 5.84. The fraction of sp³-hybridized carbons (Fsp3) is 0.727. The van der Waals surface area contributed by atoms with Gasteiger partial charge in [0.1, 0.15) is 5.82 Å². The summed E-state index contributed by atoms with van der Waals surface area (Å²) in [6.45, 7) is 9.23. The number of rotatable bonds is 9. The van der Waals surface area contributed by atoms with Crippen molar-refractivity contribution in [2.45, 2.75) is 45.1 Å². The average molecular weight is 531 g/mol. The molecule has 8 heteroatoms. The lowest BCUT2D eigenvalue weighted by Crippen LogP contribution is -2.49. The number of nitrogens with zero attached hydrogens (tertiary/aromatic N) is 3. The second-order valence-electron chi connectivity index (χ2n) is 7.84. The summed E-state index contributed by atoms with van der Waals surface area (Å²) in [6.07, 6.45) is 7.27. The maximum Gasteiger partial charge on any atom is 0.191 e. The first-order valence-corrected chi connectivity index (χ1v) is 11.2. The van der Waals surface area contributed by atoms with Gasteiger partial charge in [-0.25, -0.2) is 4.98 Å². The molecule has 0 spiro atoms. The number of hydrogen-bond donors (Lipinski definition) is 2. The molecule has 0 aromatic carbocycles. The molecule has 170 valence electrons. The predicted octanol–water partition coefficient (Wildman–Crippen LogP) is 3.06. The molecule has 2 aliphatic heterocycles. The molecule has 3 rings (SSSR count). The lowest BCUT2D eigenvalue weighted by atomic mass is 10.0. The summed E-state index contributed by atoms with van der Waals surface area (Å²) in [5.74, 6) is 2.67. The van der Waals surface area contributed by atoms with Crippen molar-refractivity contribution in [3.05, 3.63) is 24.4 Å². The van der Waals surface area contributed by atoms with Gasteiger partial charge in [-0.2, -0.15) is 0 Å². The molecule has 0 aliphatic carbocycles. The van der Waals surface area contributed by atoms with E-state index in [0.29, 0.717) is 12.0 Å². The monoisotopic (exact) mass is 531 g/mol. The third-order valence-electron chi connectivity index (χ3n) is 5.56. The van der Waals surface area contributed by atoms with Gasteiger partial charge >= 0.3 is 0 Å². The highest BCUT2D eigenvalue weighted by Crippen LogP contribution is 2.17. The number of nitrogens with one attached hydrogen (secondary N) is 2. The minimum absolute atomic E-state index is 0. The molecule has 2 saturated heterocycles. The van der Waals surface area contributed by atoms with Gasteiger partial charge in [-0.05, 0) is 57.1 Å². The summed E-state index contributed by atoms with van der Waals surface area (Å²) < 4.78 is 11.2. The van der Waals surface area contributed by atoms with Crippen LogP contribution in [-0.4, -0.2) is 69.6 Å². The van der Waals surface area contributed by atoms with Gasteiger partial charge in [0.2, 0.25) is 0 Å². The Morgan fingerprint density at radius 1 is 1.23 bits per heavy atom. The minimum Gasteiger partial charge on any atom is -0.381 e. The first kappa shape index (κ1) is 25.1. The van der Waals surface area contributed by atoms with Crippen LogP contribution >= 0.6 is 24.0 Å². The zero-order valence-electron chi connectivity index (χ0n) is 18.2. The first-order valence-electron chi connectivity index (χ1n) is 11.2. The van der Waals surface area contributed by atoms with Crippen LogP contribution in [0.3, 0.4) is 0 Å². The molecule has 0 unspecified atom stereocenters. The van der Waals surface area contributed by atoms with Gasteiger partial charge in [-0.3, -0.25) is 4.99 Å². The van der Waals surface area contributed by atoms with E-state index in [1.165, 1.54) is 0 Å². The number of pyridine rings is 1. The SMILES string of the molecule is CCNC(=NCCCOCC1CCOCC1)NC1CCN(c2ccccn2)CC1.I. The van der Waals surface area contributed by atoms with Crippen LogP contribution in [0.2, 0.25) is 0 Å². The van der Waals surface area contributed by atoms with Crippen LogP contribution < -0.4 is 15.5 Å². The fourth-order valence-corrected chi connectivity index (χ4v) is 3.83. The van der Waals surface area contributed by atoms with Crippen LogP contribution in [0.25, 0.3) is 0 Å². The van der Waals surface area contributed by atoms with E-state index in [-0.39, 0.29) is 24.0 Å². The Hall–Kier alpha value is -1.13. The number of piperidine rings is 1. The Kier molecular flexibility index (Phi) is 12.4. The highest BCUT2D eigenvalue weighted by Gasteiger charge is 2.20. The molecule has 0 radical (unpaired) electrons. The zero-order chi connectivity index (χ0) is 20.2. The fourth-order valence-electron chi connectivity index (χ4n) is 3.83. The molecule has 2 fully saturated rings. The molecule has 2 aliphatic rings. The van der Waals surface area contributed by atoms with Gasteiger partial charge < -0.3 is 25.0 Å². The molecule has 0 amide bonds. The molecule has 0 atom stereocenters. The summed E-state index contributed by atoms with van der Waals surface area (Å²) in [5.41, 5.74) is 0. The number of guanidine groups is 1. The minimum atomic E-state index is 0. The zero-order valence-corrected chi connectivity index (χ0v) is 20.6. The van der Waals surface area contributed by atoms with Gasteiger partial charge in [0.05, 0.1) is 0 Å². The van der Waals surface area contributed by atoms with Crippen molar-refractivity contribution in [2.24, 2.45) is 10.9 Å². The second-order valence-corrected chi connectivity index (χ2v) is 7.84. The van der Waals surface area contributed by atoms with E-state index < -0.39 is 0 Å². The molecule has 30 heavy (non-hydrogen) atoms. The number of anilines is 1. The third kappa shape index (κ3) is 8.93. The third-order valence-corrected chi connectivity index (χ3v) is 5.56. The number of halogens is 1. The number of hydrogen-bond acceptors (Lipinski definition) is 5. The van der Waals surface area contributed by atoms with Gasteiger partial charge in [-0.1, -0.05) is 6.07 Å². The summed E-state index contributed by atoms with van der Waals surface area (Å²) in [6, 6.07) is 6.56. The van der Waals surface area contributed by atoms with E-state index in [0.717, 1.165) is 96.5 Å². The topological polar surface area (TPSA) is 71.0 Å². The first-order chi connectivity index (χ1) is 14.3. The van der Waals surface area contributed by atoms with Crippen LogP contribution in [0.5, 0.6) is 0 Å². The van der Waals surface area contributed by atoms with Crippen LogP contribution in [-0.2, 0) is 9.47 Å². The van der Waals surface area contributed by atoms with Gasteiger partial charge in [0.15, 0.2) is 5.96 Å². The Morgan fingerprint density at radius 3 is 2.73 bits per heavy atom. The van der Waals surface area contributed by atoms with E-state index in [4.69, 9.17) is 14.5 Å². The lowest BCUT2D eigenvalue weighted by molar-refractivity contribution is 0.0205. The second kappa shape index (κ2) is 14.8. The van der Waals surface area contributed by atoms with E-state index in [1.54, 1.807) is 0 Å². The van der Waals surface area contributed by atoms with Crippen molar-refractivity contribution in [1.82, 2.24) is 15.6 Å². The lowest BCUT2D eigenvalue weighted by Gasteiger charge is -2.33. The van der Waals surface area contributed by atoms with E-state index in [2.05, 4.69) is 39.6 Å². The van der Waals surface area contributed by atoms with Crippen molar-refractivity contribution < 1.29 is 9.47 Å². The van der Waals surface area contributed by atoms with Crippen LogP contribution in [0.15, 0.2) is 29.4 Å². The van der Waals surface area contributed by atoms with Gasteiger partial charge in [0.25, 0.3) is 0 Å². The maximum absolute atomic E-state index is 5.84. The molecule has 1 aromatic rings. The molecule has 7 nitrogen and oxygen atoms in total. The average Bonchev–Trinajstić information content (AvgIpc) is 2.78. The van der Waals surface area contributed by atoms with E-state index in [1.807, 2.05) is 12.3 Å². The largest absolute Gasteiger partial charge is 0.381 e. The Morgan fingerprint density at radius 2 is 2.03 bits per heavy atom. The Bertz CT molecular complexity index is 590. The Labute approximate surface area is 198 Å². The summed E-state index contributed by atoms with van der Waals surface area (Å²) in [4.78, 5) is 11.6. The number of aliphatic imine (C=N–C) groups is 1. The van der Waals surface area contributed by atoms with Crippen molar-refractivity contribution in [3.63, 3.8) is 0 Å². The highest BCUT2D eigenvalue weighted by atomic mass is 127. The van der Waals surface area contributed by atoms with Crippen LogP contribution in [0.4, 0.5) is 5.82 Å². The standard InChI is InChI=1S/C22H37N5O2.HI/c1-2-23-22(25-12-5-15-29-18-19-9-16-28-17-10-19)26-20-7-13-27(14-8-20)21-6-3-4-11-24-21;/h3-4,6,11,19-20H,2,5,7-10,12-18H2,1H3,(H2,23,25,26);1H. The van der Waals surface area contributed by atoms with Crippen LogP contribution in [0, 0.1) is 5.92 Å². The number of aromatic nitrogens is 1. The highest BCUT2D eigenvalue weighted by molar-refractivity contribution is 14.0. The van der Waals surface area contributed by atoms with Crippen molar-refractivity contribution in [3.8, 4) is 0 Å².